The first-order chi connectivity index (χ1) is 10.8. The van der Waals surface area contributed by atoms with E-state index in [1.165, 1.54) is 12.1 Å². The lowest BCUT2D eigenvalue weighted by Crippen LogP contribution is -1.93. The fourth-order valence-corrected chi connectivity index (χ4v) is 2.29. The van der Waals surface area contributed by atoms with Crippen LogP contribution in [0.5, 0.6) is 11.5 Å². The second-order valence-electron chi connectivity index (χ2n) is 4.88. The summed E-state index contributed by atoms with van der Waals surface area (Å²) in [6.45, 7) is 0.239. The number of aromatic nitrogens is 2. The first-order valence-corrected chi connectivity index (χ1v) is 6.75. The minimum atomic E-state index is -0.340. The topological polar surface area (TPSA) is 57.4 Å². The molecule has 110 valence electrons. The molecule has 1 aliphatic rings. The molecule has 22 heavy (non-hydrogen) atoms. The summed E-state index contributed by atoms with van der Waals surface area (Å²) >= 11 is 0. The molecule has 4 rings (SSSR count). The quantitative estimate of drug-likeness (QED) is 0.743. The van der Waals surface area contributed by atoms with Crippen LogP contribution in [0.1, 0.15) is 11.5 Å². The van der Waals surface area contributed by atoms with Gasteiger partial charge >= 0.3 is 0 Å². The van der Waals surface area contributed by atoms with Crippen LogP contribution in [-0.4, -0.2) is 17.0 Å². The van der Waals surface area contributed by atoms with Crippen LogP contribution in [0.3, 0.4) is 0 Å². The highest BCUT2D eigenvalue weighted by Crippen LogP contribution is 2.33. The molecule has 0 N–H and O–H groups in total. The Hall–Kier alpha value is -2.89. The average Bonchev–Trinajstić information content (AvgIpc) is 3.16. The first-order valence-electron chi connectivity index (χ1n) is 6.75. The minimum Gasteiger partial charge on any atom is -0.454 e. The van der Waals surface area contributed by atoms with Crippen LogP contribution < -0.4 is 9.47 Å². The molecule has 6 heteroatoms. The standard InChI is InChI=1S/C16H11FN2O3/c17-12-3-1-2-11(8-12)16-19-18-15(22-16)7-10-4-5-13-14(6-10)21-9-20-13/h1-6,8H,7,9H2. The lowest BCUT2D eigenvalue weighted by molar-refractivity contribution is 0.174. The minimum absolute atomic E-state index is 0.239. The Kier molecular flexibility index (Phi) is 3.00. The van der Waals surface area contributed by atoms with Gasteiger partial charge in [0.25, 0.3) is 0 Å². The van der Waals surface area contributed by atoms with Crippen molar-refractivity contribution in [2.45, 2.75) is 6.42 Å². The van der Waals surface area contributed by atoms with Crippen LogP contribution in [0, 0.1) is 5.82 Å². The van der Waals surface area contributed by atoms with Gasteiger partial charge in [0, 0.05) is 5.56 Å². The zero-order chi connectivity index (χ0) is 14.9. The molecule has 0 saturated carbocycles. The van der Waals surface area contributed by atoms with Gasteiger partial charge in [0.05, 0.1) is 6.42 Å². The number of hydrogen-bond donors (Lipinski definition) is 0. The summed E-state index contributed by atoms with van der Waals surface area (Å²) in [6.07, 6.45) is 0.471. The molecule has 5 nitrogen and oxygen atoms in total. The fraction of sp³-hybridized carbons (Fsp3) is 0.125. The second kappa shape index (κ2) is 5.14. The summed E-state index contributed by atoms with van der Waals surface area (Å²) in [6, 6.07) is 11.7. The van der Waals surface area contributed by atoms with E-state index in [1.807, 2.05) is 18.2 Å². The lowest BCUT2D eigenvalue weighted by Gasteiger charge is -2.00. The van der Waals surface area contributed by atoms with Crippen molar-refractivity contribution in [2.75, 3.05) is 6.79 Å². The van der Waals surface area contributed by atoms with E-state index in [0.29, 0.717) is 29.5 Å². The molecule has 0 unspecified atom stereocenters. The second-order valence-corrected chi connectivity index (χ2v) is 4.88. The van der Waals surface area contributed by atoms with Crippen LogP contribution in [0.4, 0.5) is 4.39 Å². The average molecular weight is 298 g/mol. The van der Waals surface area contributed by atoms with Crippen molar-refractivity contribution < 1.29 is 18.3 Å². The van der Waals surface area contributed by atoms with Gasteiger partial charge in [-0.2, -0.15) is 0 Å². The Bertz CT molecular complexity index is 832. The van der Waals surface area contributed by atoms with Crippen LogP contribution in [-0.2, 0) is 6.42 Å². The summed E-state index contributed by atoms with van der Waals surface area (Å²) < 4.78 is 29.4. The molecule has 1 aromatic heterocycles. The molecule has 2 aromatic carbocycles. The Labute approximate surface area is 125 Å². The van der Waals surface area contributed by atoms with Crippen molar-refractivity contribution in [3.05, 3.63) is 59.7 Å². The Morgan fingerprint density at radius 3 is 2.82 bits per heavy atom. The molecule has 0 saturated heterocycles. The normalized spacial score (nSPS) is 12.6. The zero-order valence-electron chi connectivity index (χ0n) is 11.5. The predicted octanol–water partition coefficient (Wildman–Crippen LogP) is 3.20. The van der Waals surface area contributed by atoms with E-state index >= 15 is 0 Å². The number of hydrogen-bond acceptors (Lipinski definition) is 5. The number of fused-ring (bicyclic) bond motifs is 1. The van der Waals surface area contributed by atoms with Crippen molar-refractivity contribution >= 4 is 0 Å². The number of benzene rings is 2. The molecule has 0 radical (unpaired) electrons. The van der Waals surface area contributed by atoms with Crippen molar-refractivity contribution in [1.82, 2.24) is 10.2 Å². The number of nitrogens with zero attached hydrogens (tertiary/aromatic N) is 2. The van der Waals surface area contributed by atoms with Crippen LogP contribution >= 0.6 is 0 Å². The maximum absolute atomic E-state index is 13.2. The number of rotatable bonds is 3. The van der Waals surface area contributed by atoms with E-state index < -0.39 is 0 Å². The Morgan fingerprint density at radius 1 is 1.00 bits per heavy atom. The summed E-state index contributed by atoms with van der Waals surface area (Å²) in [5.74, 6) is 1.86. The van der Waals surface area contributed by atoms with Gasteiger partial charge in [-0.05, 0) is 35.9 Å². The monoisotopic (exact) mass is 298 g/mol. The maximum atomic E-state index is 13.2. The Balaban J connectivity index is 1.57. The SMILES string of the molecule is Fc1cccc(-c2nnc(Cc3ccc4c(c3)OCO4)o2)c1. The van der Waals surface area contributed by atoms with E-state index in [4.69, 9.17) is 13.9 Å². The molecule has 0 aliphatic carbocycles. The third-order valence-electron chi connectivity index (χ3n) is 3.33. The van der Waals surface area contributed by atoms with Crippen molar-refractivity contribution in [3.8, 4) is 23.0 Å². The van der Waals surface area contributed by atoms with E-state index in [0.717, 1.165) is 11.3 Å². The fourth-order valence-electron chi connectivity index (χ4n) is 2.29. The molecular formula is C16H11FN2O3. The molecule has 0 amide bonds. The largest absolute Gasteiger partial charge is 0.454 e. The van der Waals surface area contributed by atoms with E-state index in [1.54, 1.807) is 12.1 Å². The highest BCUT2D eigenvalue weighted by atomic mass is 19.1. The van der Waals surface area contributed by atoms with Crippen molar-refractivity contribution in [3.63, 3.8) is 0 Å². The van der Waals surface area contributed by atoms with Crippen LogP contribution in [0.15, 0.2) is 46.9 Å². The highest BCUT2D eigenvalue weighted by molar-refractivity contribution is 5.52. The molecular weight excluding hydrogens is 287 g/mol. The molecule has 1 aliphatic heterocycles. The molecule has 0 fully saturated rings. The van der Waals surface area contributed by atoms with Crippen LogP contribution in [0.2, 0.25) is 0 Å². The van der Waals surface area contributed by atoms with Gasteiger partial charge in [-0.25, -0.2) is 4.39 Å². The molecule has 0 spiro atoms. The van der Waals surface area contributed by atoms with Crippen molar-refractivity contribution in [1.29, 1.82) is 0 Å². The van der Waals surface area contributed by atoms with Gasteiger partial charge in [-0.3, -0.25) is 0 Å². The van der Waals surface area contributed by atoms with Gasteiger partial charge < -0.3 is 13.9 Å². The summed E-state index contributed by atoms with van der Waals surface area (Å²) in [4.78, 5) is 0. The van der Waals surface area contributed by atoms with E-state index in [2.05, 4.69) is 10.2 Å². The van der Waals surface area contributed by atoms with Gasteiger partial charge in [0.15, 0.2) is 11.5 Å². The van der Waals surface area contributed by atoms with Gasteiger partial charge in [0.2, 0.25) is 18.6 Å². The molecule has 0 bridgehead atoms. The smallest absolute Gasteiger partial charge is 0.247 e. The molecule has 3 aromatic rings. The van der Waals surface area contributed by atoms with E-state index in [9.17, 15) is 4.39 Å². The number of halogens is 1. The zero-order valence-corrected chi connectivity index (χ0v) is 11.5. The number of ether oxygens (including phenoxy) is 2. The van der Waals surface area contributed by atoms with E-state index in [-0.39, 0.29) is 12.6 Å². The maximum Gasteiger partial charge on any atom is 0.247 e. The third kappa shape index (κ3) is 2.39. The van der Waals surface area contributed by atoms with Gasteiger partial charge in [-0.15, -0.1) is 10.2 Å². The van der Waals surface area contributed by atoms with Crippen LogP contribution in [0.25, 0.3) is 11.5 Å². The Morgan fingerprint density at radius 2 is 1.91 bits per heavy atom. The molecule has 2 heterocycles. The van der Waals surface area contributed by atoms with Gasteiger partial charge in [0.1, 0.15) is 5.82 Å². The third-order valence-corrected chi connectivity index (χ3v) is 3.33. The summed E-state index contributed by atoms with van der Waals surface area (Å²) in [7, 11) is 0. The predicted molar refractivity (Wildman–Crippen MR) is 75.1 cm³/mol. The lowest BCUT2D eigenvalue weighted by atomic mass is 10.1. The highest BCUT2D eigenvalue weighted by Gasteiger charge is 2.15. The van der Waals surface area contributed by atoms with Gasteiger partial charge in [-0.1, -0.05) is 12.1 Å². The first kappa shape index (κ1) is 12.8. The molecule has 0 atom stereocenters. The summed E-state index contributed by atoms with van der Waals surface area (Å²) in [5.41, 5.74) is 1.53. The summed E-state index contributed by atoms with van der Waals surface area (Å²) in [5, 5.41) is 7.96. The van der Waals surface area contributed by atoms with Crippen molar-refractivity contribution in [2.24, 2.45) is 0 Å².